The van der Waals surface area contributed by atoms with Crippen LogP contribution in [0.1, 0.15) is 46.5 Å². The van der Waals surface area contributed by atoms with Gasteiger partial charge >= 0.3 is 0 Å². The van der Waals surface area contributed by atoms with Crippen LogP contribution >= 0.6 is 0 Å². The van der Waals surface area contributed by atoms with Crippen molar-refractivity contribution >= 4 is 17.8 Å². The summed E-state index contributed by atoms with van der Waals surface area (Å²) in [6.07, 6.45) is 4.90. The summed E-state index contributed by atoms with van der Waals surface area (Å²) in [6.45, 7) is 9.35. The Labute approximate surface area is 128 Å². The fourth-order valence-electron chi connectivity index (χ4n) is 2.93. The van der Waals surface area contributed by atoms with Gasteiger partial charge in [-0.05, 0) is 39.5 Å². The van der Waals surface area contributed by atoms with Crippen molar-refractivity contribution in [2.45, 2.75) is 52.5 Å². The van der Waals surface area contributed by atoms with Crippen molar-refractivity contribution in [3.63, 3.8) is 0 Å². The molecule has 1 saturated heterocycles. The van der Waals surface area contributed by atoms with Crippen LogP contribution in [-0.2, 0) is 0 Å². The maximum Gasteiger partial charge on any atom is 0.232 e. The van der Waals surface area contributed by atoms with Crippen molar-refractivity contribution in [1.82, 2.24) is 15.0 Å². The Morgan fingerprint density at radius 2 is 1.90 bits per heavy atom. The molecule has 1 unspecified atom stereocenters. The SMILES string of the molecule is CCC1CCCCN1c1nc(NC)nc(N(CC)CC)n1. The van der Waals surface area contributed by atoms with E-state index in [1.54, 1.807) is 0 Å². The number of anilines is 3. The van der Waals surface area contributed by atoms with Crippen LogP contribution in [-0.4, -0.2) is 47.7 Å². The second-order valence-corrected chi connectivity index (χ2v) is 5.43. The molecule has 6 nitrogen and oxygen atoms in total. The van der Waals surface area contributed by atoms with E-state index in [9.17, 15) is 0 Å². The van der Waals surface area contributed by atoms with Crippen LogP contribution in [0.2, 0.25) is 0 Å². The predicted octanol–water partition coefficient (Wildman–Crippen LogP) is 2.53. The highest BCUT2D eigenvalue weighted by atomic mass is 15.4. The number of rotatable bonds is 6. The van der Waals surface area contributed by atoms with Crippen LogP contribution < -0.4 is 15.1 Å². The normalized spacial score (nSPS) is 18.7. The summed E-state index contributed by atoms with van der Waals surface area (Å²) in [5, 5.41) is 3.07. The van der Waals surface area contributed by atoms with Gasteiger partial charge in [-0.2, -0.15) is 15.0 Å². The molecule has 118 valence electrons. The van der Waals surface area contributed by atoms with Gasteiger partial charge in [0.15, 0.2) is 0 Å². The van der Waals surface area contributed by atoms with Crippen molar-refractivity contribution in [3.05, 3.63) is 0 Å². The van der Waals surface area contributed by atoms with Gasteiger partial charge in [-0.1, -0.05) is 6.92 Å². The maximum absolute atomic E-state index is 4.73. The fourth-order valence-corrected chi connectivity index (χ4v) is 2.93. The van der Waals surface area contributed by atoms with Gasteiger partial charge in [-0.15, -0.1) is 0 Å². The van der Waals surface area contributed by atoms with Gasteiger partial charge in [-0.3, -0.25) is 0 Å². The monoisotopic (exact) mass is 292 g/mol. The van der Waals surface area contributed by atoms with Crippen molar-refractivity contribution in [2.75, 3.05) is 41.8 Å². The zero-order valence-corrected chi connectivity index (χ0v) is 13.8. The molecule has 0 aliphatic carbocycles. The number of hydrogen-bond donors (Lipinski definition) is 1. The van der Waals surface area contributed by atoms with Gasteiger partial charge in [0, 0.05) is 32.7 Å². The minimum atomic E-state index is 0.551. The number of nitrogens with zero attached hydrogens (tertiary/aromatic N) is 5. The zero-order valence-electron chi connectivity index (χ0n) is 13.8. The molecule has 0 saturated carbocycles. The molecule has 0 aromatic carbocycles. The van der Waals surface area contributed by atoms with Crippen LogP contribution in [0.3, 0.4) is 0 Å². The molecule has 2 heterocycles. The average molecular weight is 292 g/mol. The second-order valence-electron chi connectivity index (χ2n) is 5.43. The second kappa shape index (κ2) is 7.43. The summed E-state index contributed by atoms with van der Waals surface area (Å²) >= 11 is 0. The van der Waals surface area contributed by atoms with Crippen LogP contribution in [0, 0.1) is 0 Å². The van der Waals surface area contributed by atoms with Gasteiger partial charge in [-0.25, -0.2) is 0 Å². The standard InChI is InChI=1S/C15H28N6/c1-5-12-10-8-9-11-21(12)15-18-13(16-4)17-14(19-15)20(6-2)7-3/h12H,5-11H2,1-4H3,(H,16,17,18,19). The predicted molar refractivity (Wildman–Crippen MR) is 88.2 cm³/mol. The molecule has 1 fully saturated rings. The molecule has 6 heteroatoms. The van der Waals surface area contributed by atoms with E-state index in [2.05, 4.69) is 45.9 Å². The molecule has 1 aromatic rings. The molecule has 1 aromatic heterocycles. The Bertz CT molecular complexity index is 446. The molecular weight excluding hydrogens is 264 g/mol. The maximum atomic E-state index is 4.73. The summed E-state index contributed by atoms with van der Waals surface area (Å²) in [5.74, 6) is 2.25. The van der Waals surface area contributed by atoms with Gasteiger partial charge in [0.2, 0.25) is 17.8 Å². The third kappa shape index (κ3) is 3.54. The molecule has 0 amide bonds. The van der Waals surface area contributed by atoms with E-state index < -0.39 is 0 Å². The minimum Gasteiger partial charge on any atom is -0.357 e. The van der Waals surface area contributed by atoms with E-state index in [4.69, 9.17) is 4.98 Å². The first kappa shape index (κ1) is 15.8. The van der Waals surface area contributed by atoms with Crippen molar-refractivity contribution in [1.29, 1.82) is 0 Å². The molecule has 0 radical (unpaired) electrons. The molecule has 1 N–H and O–H groups in total. The van der Waals surface area contributed by atoms with Crippen LogP contribution in [0.15, 0.2) is 0 Å². The van der Waals surface area contributed by atoms with Crippen LogP contribution in [0.25, 0.3) is 0 Å². The lowest BCUT2D eigenvalue weighted by molar-refractivity contribution is 0.443. The first-order valence-electron chi connectivity index (χ1n) is 8.18. The highest BCUT2D eigenvalue weighted by molar-refractivity contribution is 5.45. The number of nitrogens with one attached hydrogen (secondary N) is 1. The summed E-state index contributed by atoms with van der Waals surface area (Å²) in [7, 11) is 1.86. The Hall–Kier alpha value is -1.59. The lowest BCUT2D eigenvalue weighted by Gasteiger charge is -2.35. The van der Waals surface area contributed by atoms with E-state index in [0.717, 1.165) is 38.0 Å². The molecule has 2 rings (SSSR count). The lowest BCUT2D eigenvalue weighted by atomic mass is 10.0. The highest BCUT2D eigenvalue weighted by Crippen LogP contribution is 2.25. The molecular formula is C15H28N6. The minimum absolute atomic E-state index is 0.551. The van der Waals surface area contributed by atoms with Crippen molar-refractivity contribution < 1.29 is 0 Å². The van der Waals surface area contributed by atoms with Gasteiger partial charge < -0.3 is 15.1 Å². The molecule has 1 atom stereocenters. The van der Waals surface area contributed by atoms with Gasteiger partial charge in [0.25, 0.3) is 0 Å². The molecule has 1 aliphatic heterocycles. The van der Waals surface area contributed by atoms with Crippen molar-refractivity contribution in [3.8, 4) is 0 Å². The highest BCUT2D eigenvalue weighted by Gasteiger charge is 2.24. The largest absolute Gasteiger partial charge is 0.357 e. The van der Waals surface area contributed by atoms with E-state index in [-0.39, 0.29) is 0 Å². The molecule has 0 bridgehead atoms. The number of hydrogen-bond acceptors (Lipinski definition) is 6. The van der Waals surface area contributed by atoms with E-state index >= 15 is 0 Å². The summed E-state index contributed by atoms with van der Waals surface area (Å²) in [5.41, 5.74) is 0. The average Bonchev–Trinajstić information content (AvgIpc) is 2.55. The molecule has 1 aliphatic rings. The van der Waals surface area contributed by atoms with Crippen LogP contribution in [0.4, 0.5) is 17.8 Å². The Morgan fingerprint density at radius 1 is 1.14 bits per heavy atom. The molecule has 21 heavy (non-hydrogen) atoms. The van der Waals surface area contributed by atoms with Gasteiger partial charge in [0.1, 0.15) is 0 Å². The van der Waals surface area contributed by atoms with E-state index in [0.29, 0.717) is 12.0 Å². The molecule has 0 spiro atoms. The fraction of sp³-hybridized carbons (Fsp3) is 0.800. The quantitative estimate of drug-likeness (QED) is 0.869. The third-order valence-corrected chi connectivity index (χ3v) is 4.24. The summed E-state index contributed by atoms with van der Waals surface area (Å²) < 4.78 is 0. The zero-order chi connectivity index (χ0) is 15.2. The number of piperidine rings is 1. The van der Waals surface area contributed by atoms with E-state index in [1.165, 1.54) is 19.3 Å². The first-order chi connectivity index (χ1) is 10.2. The summed E-state index contributed by atoms with van der Waals surface area (Å²) in [4.78, 5) is 18.4. The Kier molecular flexibility index (Phi) is 5.59. The van der Waals surface area contributed by atoms with Gasteiger partial charge in [0.05, 0.1) is 0 Å². The lowest BCUT2D eigenvalue weighted by Crippen LogP contribution is -2.40. The smallest absolute Gasteiger partial charge is 0.232 e. The first-order valence-corrected chi connectivity index (χ1v) is 8.18. The van der Waals surface area contributed by atoms with Crippen LogP contribution in [0.5, 0.6) is 0 Å². The number of aromatic nitrogens is 3. The topological polar surface area (TPSA) is 57.2 Å². The van der Waals surface area contributed by atoms with E-state index in [1.807, 2.05) is 7.05 Å². The third-order valence-electron chi connectivity index (χ3n) is 4.24. The Balaban J connectivity index is 2.35. The summed E-state index contributed by atoms with van der Waals surface area (Å²) in [6, 6.07) is 0.551. The van der Waals surface area contributed by atoms with Crippen molar-refractivity contribution in [2.24, 2.45) is 0 Å². The Morgan fingerprint density at radius 3 is 2.52 bits per heavy atom.